The van der Waals surface area contributed by atoms with E-state index in [2.05, 4.69) is 37.2 Å². The maximum Gasteiger partial charge on any atom is 0.108 e. The van der Waals surface area contributed by atoms with Gasteiger partial charge in [-0.25, -0.2) is 0 Å². The third kappa shape index (κ3) is 4.96. The standard InChI is InChI=1S/C13H25N3/c1-11(2)15-13(8-14)10-16(3)9-12-6-4-5-7-12/h11-13,15H,4-7,9-10H2,1-3H3. The third-order valence-electron chi connectivity index (χ3n) is 3.23. The van der Waals surface area contributed by atoms with Crippen molar-refractivity contribution in [3.8, 4) is 6.07 Å². The van der Waals surface area contributed by atoms with Gasteiger partial charge in [0.2, 0.25) is 0 Å². The molecule has 0 radical (unpaired) electrons. The molecule has 1 fully saturated rings. The Bertz CT molecular complexity index is 226. The summed E-state index contributed by atoms with van der Waals surface area (Å²) in [5.74, 6) is 0.864. The third-order valence-corrected chi connectivity index (χ3v) is 3.23. The van der Waals surface area contributed by atoms with Gasteiger partial charge < -0.3 is 4.90 Å². The van der Waals surface area contributed by atoms with Crippen LogP contribution < -0.4 is 5.32 Å². The Labute approximate surface area is 99.8 Å². The second kappa shape index (κ2) is 6.88. The Morgan fingerprint density at radius 1 is 1.38 bits per heavy atom. The Hall–Kier alpha value is -0.590. The van der Waals surface area contributed by atoms with Gasteiger partial charge in [0.05, 0.1) is 6.07 Å². The molecule has 0 aliphatic heterocycles. The van der Waals surface area contributed by atoms with Crippen LogP contribution in [-0.2, 0) is 0 Å². The minimum absolute atomic E-state index is 0.0357. The largest absolute Gasteiger partial charge is 0.303 e. The molecule has 3 nitrogen and oxygen atoms in total. The van der Waals surface area contributed by atoms with E-state index in [9.17, 15) is 0 Å². The zero-order valence-electron chi connectivity index (χ0n) is 10.9. The van der Waals surface area contributed by atoms with E-state index in [1.807, 2.05) is 0 Å². The van der Waals surface area contributed by atoms with E-state index >= 15 is 0 Å². The lowest BCUT2D eigenvalue weighted by Gasteiger charge is -2.24. The number of nitrogens with zero attached hydrogens (tertiary/aromatic N) is 2. The lowest BCUT2D eigenvalue weighted by Crippen LogP contribution is -2.42. The number of hydrogen-bond donors (Lipinski definition) is 1. The van der Waals surface area contributed by atoms with Crippen LogP contribution in [0.15, 0.2) is 0 Å². The van der Waals surface area contributed by atoms with E-state index in [4.69, 9.17) is 5.26 Å². The van der Waals surface area contributed by atoms with Gasteiger partial charge >= 0.3 is 0 Å². The van der Waals surface area contributed by atoms with Gasteiger partial charge in [-0.05, 0) is 39.7 Å². The van der Waals surface area contributed by atoms with Gasteiger partial charge in [-0.2, -0.15) is 5.26 Å². The highest BCUT2D eigenvalue weighted by molar-refractivity contribution is 4.92. The van der Waals surface area contributed by atoms with Crippen molar-refractivity contribution in [1.29, 1.82) is 5.26 Å². The summed E-state index contributed by atoms with van der Waals surface area (Å²) in [6.45, 7) is 6.16. The van der Waals surface area contributed by atoms with Crippen molar-refractivity contribution in [2.45, 2.75) is 51.6 Å². The normalized spacial score (nSPS) is 19.2. The molecule has 3 heteroatoms. The van der Waals surface area contributed by atoms with Gasteiger partial charge in [0.25, 0.3) is 0 Å². The molecule has 1 aliphatic rings. The molecule has 0 bridgehead atoms. The highest BCUT2D eigenvalue weighted by atomic mass is 15.1. The molecule has 0 aromatic heterocycles. The average Bonchev–Trinajstić information content (AvgIpc) is 2.68. The van der Waals surface area contributed by atoms with Crippen LogP contribution in [0.2, 0.25) is 0 Å². The Morgan fingerprint density at radius 3 is 2.50 bits per heavy atom. The Morgan fingerprint density at radius 2 is 2.00 bits per heavy atom. The molecule has 0 aromatic rings. The van der Waals surface area contributed by atoms with E-state index in [1.54, 1.807) is 0 Å². The zero-order chi connectivity index (χ0) is 12.0. The van der Waals surface area contributed by atoms with E-state index < -0.39 is 0 Å². The first-order valence-corrected chi connectivity index (χ1v) is 6.46. The highest BCUT2D eigenvalue weighted by Gasteiger charge is 2.18. The zero-order valence-corrected chi connectivity index (χ0v) is 10.9. The van der Waals surface area contributed by atoms with Gasteiger partial charge in [-0.1, -0.05) is 12.8 Å². The van der Waals surface area contributed by atoms with Crippen molar-refractivity contribution in [2.75, 3.05) is 20.1 Å². The lowest BCUT2D eigenvalue weighted by molar-refractivity contribution is 0.260. The number of rotatable bonds is 6. The van der Waals surface area contributed by atoms with Gasteiger partial charge in [0, 0.05) is 19.1 Å². The Kier molecular flexibility index (Phi) is 5.79. The van der Waals surface area contributed by atoms with Crippen LogP contribution in [0.3, 0.4) is 0 Å². The van der Waals surface area contributed by atoms with E-state index in [0.29, 0.717) is 6.04 Å². The molecular weight excluding hydrogens is 198 g/mol. The molecule has 92 valence electrons. The maximum atomic E-state index is 9.05. The molecule has 1 unspecified atom stereocenters. The second-order valence-corrected chi connectivity index (χ2v) is 5.37. The first kappa shape index (κ1) is 13.5. The summed E-state index contributed by atoms with van der Waals surface area (Å²) in [4.78, 5) is 2.30. The summed E-state index contributed by atoms with van der Waals surface area (Å²) >= 11 is 0. The predicted molar refractivity (Wildman–Crippen MR) is 67.1 cm³/mol. The van der Waals surface area contributed by atoms with Crippen LogP contribution in [0.1, 0.15) is 39.5 Å². The Balaban J connectivity index is 2.25. The number of nitriles is 1. The number of nitrogens with one attached hydrogen (secondary N) is 1. The second-order valence-electron chi connectivity index (χ2n) is 5.37. The van der Waals surface area contributed by atoms with Crippen LogP contribution in [-0.4, -0.2) is 37.1 Å². The summed E-state index contributed by atoms with van der Waals surface area (Å²) in [6.07, 6.45) is 5.53. The fourth-order valence-corrected chi connectivity index (χ4v) is 2.55. The number of hydrogen-bond acceptors (Lipinski definition) is 3. The van der Waals surface area contributed by atoms with Crippen LogP contribution in [0, 0.1) is 17.2 Å². The van der Waals surface area contributed by atoms with Crippen molar-refractivity contribution in [2.24, 2.45) is 5.92 Å². The fraction of sp³-hybridized carbons (Fsp3) is 0.923. The molecular formula is C13H25N3. The summed E-state index contributed by atoms with van der Waals surface area (Å²) in [5, 5.41) is 12.3. The van der Waals surface area contributed by atoms with Crippen molar-refractivity contribution in [3.05, 3.63) is 0 Å². The first-order valence-electron chi connectivity index (χ1n) is 6.46. The molecule has 1 atom stereocenters. The molecule has 1 saturated carbocycles. The van der Waals surface area contributed by atoms with Crippen LogP contribution in [0.5, 0.6) is 0 Å². The summed E-state index contributed by atoms with van der Waals surface area (Å²) < 4.78 is 0. The van der Waals surface area contributed by atoms with E-state index in [-0.39, 0.29) is 6.04 Å². The first-order chi connectivity index (χ1) is 7.61. The highest BCUT2D eigenvalue weighted by Crippen LogP contribution is 2.25. The fourth-order valence-electron chi connectivity index (χ4n) is 2.55. The van der Waals surface area contributed by atoms with Crippen molar-refractivity contribution in [1.82, 2.24) is 10.2 Å². The predicted octanol–water partition coefficient (Wildman–Crippen LogP) is 2.00. The van der Waals surface area contributed by atoms with Crippen LogP contribution in [0.4, 0.5) is 0 Å². The summed E-state index contributed by atoms with van der Waals surface area (Å²) in [7, 11) is 2.13. The molecule has 0 aromatic carbocycles. The van der Waals surface area contributed by atoms with Crippen molar-refractivity contribution in [3.63, 3.8) is 0 Å². The monoisotopic (exact) mass is 223 g/mol. The molecule has 0 heterocycles. The molecule has 0 saturated heterocycles. The molecule has 16 heavy (non-hydrogen) atoms. The van der Waals surface area contributed by atoms with Crippen LogP contribution >= 0.6 is 0 Å². The molecule has 1 N–H and O–H groups in total. The molecule has 1 rings (SSSR count). The summed E-state index contributed by atoms with van der Waals surface area (Å²) in [6, 6.07) is 2.68. The van der Waals surface area contributed by atoms with Gasteiger partial charge in [0.1, 0.15) is 6.04 Å². The minimum atomic E-state index is -0.0357. The smallest absolute Gasteiger partial charge is 0.108 e. The summed E-state index contributed by atoms with van der Waals surface area (Å²) in [5.41, 5.74) is 0. The quantitative estimate of drug-likeness (QED) is 0.748. The molecule has 0 amide bonds. The minimum Gasteiger partial charge on any atom is -0.303 e. The van der Waals surface area contributed by atoms with Gasteiger partial charge in [0.15, 0.2) is 0 Å². The van der Waals surface area contributed by atoms with E-state index in [1.165, 1.54) is 25.7 Å². The topological polar surface area (TPSA) is 39.1 Å². The van der Waals surface area contributed by atoms with Gasteiger partial charge in [-0.3, -0.25) is 5.32 Å². The van der Waals surface area contributed by atoms with Crippen LogP contribution in [0.25, 0.3) is 0 Å². The molecule has 0 spiro atoms. The maximum absolute atomic E-state index is 9.05. The van der Waals surface area contributed by atoms with E-state index in [0.717, 1.165) is 19.0 Å². The van der Waals surface area contributed by atoms with Gasteiger partial charge in [-0.15, -0.1) is 0 Å². The molecule has 1 aliphatic carbocycles. The lowest BCUT2D eigenvalue weighted by atomic mass is 10.1. The van der Waals surface area contributed by atoms with Crippen molar-refractivity contribution < 1.29 is 0 Å². The average molecular weight is 223 g/mol. The SMILES string of the molecule is CC(C)NC(C#N)CN(C)CC1CCCC1. The van der Waals surface area contributed by atoms with Crippen molar-refractivity contribution >= 4 is 0 Å². The number of likely N-dealkylation sites (N-methyl/N-ethyl adjacent to an activating group) is 1.